The van der Waals surface area contributed by atoms with Crippen molar-refractivity contribution in [3.63, 3.8) is 0 Å². The van der Waals surface area contributed by atoms with Gasteiger partial charge in [0.2, 0.25) is 0 Å². The number of hydrogen-bond acceptors (Lipinski definition) is 0. The first-order valence-corrected chi connectivity index (χ1v) is 6.48. The molecule has 0 radical (unpaired) electrons. The summed E-state index contributed by atoms with van der Waals surface area (Å²) < 4.78 is 0. The first kappa shape index (κ1) is 10.5. The lowest BCUT2D eigenvalue weighted by molar-refractivity contribution is 0.118. The number of rotatable bonds is 2. The van der Waals surface area contributed by atoms with Crippen LogP contribution in [-0.2, 0) is 0 Å². The highest BCUT2D eigenvalue weighted by molar-refractivity contribution is 4.89. The highest BCUT2D eigenvalue weighted by Crippen LogP contribution is 2.49. The minimum atomic E-state index is 0.630. The van der Waals surface area contributed by atoms with Crippen molar-refractivity contribution in [2.24, 2.45) is 29.1 Å². The average Bonchev–Trinajstić information content (AvgIpc) is 2.72. The van der Waals surface area contributed by atoms with Crippen molar-refractivity contribution >= 4 is 0 Å². The van der Waals surface area contributed by atoms with E-state index < -0.39 is 0 Å². The third kappa shape index (κ3) is 2.32. The normalized spacial score (nSPS) is 46.3. The van der Waals surface area contributed by atoms with Crippen molar-refractivity contribution < 1.29 is 0 Å². The third-order valence-electron chi connectivity index (χ3n) is 4.75. The fraction of sp³-hybridized carbons (Fsp3) is 1.00. The molecule has 4 atom stereocenters. The Morgan fingerprint density at radius 2 is 1.71 bits per heavy atom. The van der Waals surface area contributed by atoms with E-state index in [4.69, 9.17) is 0 Å². The van der Waals surface area contributed by atoms with Gasteiger partial charge in [-0.3, -0.25) is 0 Å². The van der Waals surface area contributed by atoms with E-state index in [1.165, 1.54) is 25.7 Å². The standard InChI is InChI=1S/C14H26/c1-10-7-13(10)8-12-5-6-14(3,4)9-11(12)2/h10-13H,5-9H2,1-4H3. The van der Waals surface area contributed by atoms with Crippen LogP contribution in [0.1, 0.15) is 59.8 Å². The molecule has 0 nitrogen and oxygen atoms in total. The van der Waals surface area contributed by atoms with Crippen molar-refractivity contribution in [3.8, 4) is 0 Å². The summed E-state index contributed by atoms with van der Waals surface area (Å²) in [5, 5.41) is 0. The summed E-state index contributed by atoms with van der Waals surface area (Å²) in [6.07, 6.45) is 7.48. The summed E-state index contributed by atoms with van der Waals surface area (Å²) >= 11 is 0. The molecule has 2 saturated carbocycles. The molecular formula is C14H26. The van der Waals surface area contributed by atoms with Gasteiger partial charge in [0.15, 0.2) is 0 Å². The van der Waals surface area contributed by atoms with Crippen LogP contribution >= 0.6 is 0 Å². The van der Waals surface area contributed by atoms with Gasteiger partial charge in [0.1, 0.15) is 0 Å². The highest BCUT2D eigenvalue weighted by Gasteiger charge is 2.39. The van der Waals surface area contributed by atoms with E-state index in [1.807, 2.05) is 0 Å². The van der Waals surface area contributed by atoms with Crippen molar-refractivity contribution in [3.05, 3.63) is 0 Å². The molecule has 0 aromatic carbocycles. The molecule has 0 spiro atoms. The molecule has 0 N–H and O–H groups in total. The van der Waals surface area contributed by atoms with Crippen LogP contribution in [-0.4, -0.2) is 0 Å². The van der Waals surface area contributed by atoms with Gasteiger partial charge in [-0.25, -0.2) is 0 Å². The maximum absolute atomic E-state index is 2.48. The molecule has 0 heteroatoms. The summed E-state index contributed by atoms with van der Waals surface area (Å²) in [6.45, 7) is 9.79. The Hall–Kier alpha value is 0. The molecular weight excluding hydrogens is 168 g/mol. The predicted molar refractivity (Wildman–Crippen MR) is 62.2 cm³/mol. The SMILES string of the molecule is CC1CC(C)(C)CCC1CC1CC1C. The van der Waals surface area contributed by atoms with Crippen LogP contribution in [0.4, 0.5) is 0 Å². The topological polar surface area (TPSA) is 0 Å². The lowest BCUT2D eigenvalue weighted by atomic mass is 9.66. The Morgan fingerprint density at radius 3 is 2.21 bits per heavy atom. The Kier molecular flexibility index (Phi) is 2.66. The minimum Gasteiger partial charge on any atom is -0.0622 e. The molecule has 0 saturated heterocycles. The smallest absolute Gasteiger partial charge is 0.0351 e. The molecule has 2 rings (SSSR count). The summed E-state index contributed by atoms with van der Waals surface area (Å²) in [4.78, 5) is 0. The summed E-state index contributed by atoms with van der Waals surface area (Å²) in [5.41, 5.74) is 0.630. The lowest BCUT2D eigenvalue weighted by Crippen LogP contribution is -2.28. The summed E-state index contributed by atoms with van der Waals surface area (Å²) in [6, 6.07) is 0. The predicted octanol–water partition coefficient (Wildman–Crippen LogP) is 4.49. The fourth-order valence-electron chi connectivity index (χ4n) is 3.47. The van der Waals surface area contributed by atoms with E-state index in [0.29, 0.717) is 5.41 Å². The molecule has 82 valence electrons. The van der Waals surface area contributed by atoms with Gasteiger partial charge in [-0.15, -0.1) is 0 Å². The highest BCUT2D eigenvalue weighted by atomic mass is 14.4. The maximum atomic E-state index is 2.48. The largest absolute Gasteiger partial charge is 0.0622 e. The minimum absolute atomic E-state index is 0.630. The van der Waals surface area contributed by atoms with E-state index in [1.54, 1.807) is 6.42 Å². The summed E-state index contributed by atoms with van der Waals surface area (Å²) in [5.74, 6) is 4.19. The first-order valence-electron chi connectivity index (χ1n) is 6.48. The molecule has 14 heavy (non-hydrogen) atoms. The molecule has 0 aromatic heterocycles. The molecule has 0 bridgehead atoms. The van der Waals surface area contributed by atoms with Gasteiger partial charge in [0.25, 0.3) is 0 Å². The van der Waals surface area contributed by atoms with Crippen LogP contribution in [0, 0.1) is 29.1 Å². The molecule has 0 aromatic rings. The Morgan fingerprint density at radius 1 is 1.07 bits per heavy atom. The van der Waals surface area contributed by atoms with Crippen molar-refractivity contribution in [2.75, 3.05) is 0 Å². The zero-order valence-electron chi connectivity index (χ0n) is 10.3. The van der Waals surface area contributed by atoms with Crippen molar-refractivity contribution in [1.82, 2.24) is 0 Å². The zero-order valence-corrected chi connectivity index (χ0v) is 10.3. The van der Waals surface area contributed by atoms with Crippen molar-refractivity contribution in [2.45, 2.75) is 59.8 Å². The van der Waals surface area contributed by atoms with Gasteiger partial charge in [-0.2, -0.15) is 0 Å². The molecule has 2 aliphatic rings. The van der Waals surface area contributed by atoms with Gasteiger partial charge in [-0.05, 0) is 61.2 Å². The average molecular weight is 194 g/mol. The van der Waals surface area contributed by atoms with Crippen LogP contribution in [0.15, 0.2) is 0 Å². The molecule has 0 amide bonds. The maximum Gasteiger partial charge on any atom is -0.0351 e. The van der Waals surface area contributed by atoms with Gasteiger partial charge in [0, 0.05) is 0 Å². The fourth-order valence-corrected chi connectivity index (χ4v) is 3.47. The molecule has 2 aliphatic carbocycles. The lowest BCUT2D eigenvalue weighted by Gasteiger charge is -2.39. The van der Waals surface area contributed by atoms with Crippen LogP contribution in [0.3, 0.4) is 0 Å². The monoisotopic (exact) mass is 194 g/mol. The Bertz CT molecular complexity index is 204. The second kappa shape index (κ2) is 3.54. The molecule has 4 unspecified atom stereocenters. The second-order valence-corrected chi connectivity index (χ2v) is 6.85. The van der Waals surface area contributed by atoms with E-state index in [9.17, 15) is 0 Å². The van der Waals surface area contributed by atoms with E-state index in [-0.39, 0.29) is 0 Å². The van der Waals surface area contributed by atoms with Gasteiger partial charge >= 0.3 is 0 Å². The van der Waals surface area contributed by atoms with Crippen LogP contribution in [0.25, 0.3) is 0 Å². The second-order valence-electron chi connectivity index (χ2n) is 6.85. The Labute approximate surface area is 89.5 Å². The van der Waals surface area contributed by atoms with Crippen molar-refractivity contribution in [1.29, 1.82) is 0 Å². The van der Waals surface area contributed by atoms with Crippen LogP contribution in [0.2, 0.25) is 0 Å². The van der Waals surface area contributed by atoms with Gasteiger partial charge in [0.05, 0.1) is 0 Å². The van der Waals surface area contributed by atoms with E-state index in [0.717, 1.165) is 23.7 Å². The third-order valence-corrected chi connectivity index (χ3v) is 4.75. The van der Waals surface area contributed by atoms with E-state index in [2.05, 4.69) is 27.7 Å². The molecule has 0 aliphatic heterocycles. The quantitative estimate of drug-likeness (QED) is 0.607. The van der Waals surface area contributed by atoms with Gasteiger partial charge in [-0.1, -0.05) is 27.7 Å². The van der Waals surface area contributed by atoms with E-state index >= 15 is 0 Å². The molecule has 0 heterocycles. The first-order chi connectivity index (χ1) is 6.48. The Balaban J connectivity index is 1.83. The summed E-state index contributed by atoms with van der Waals surface area (Å²) in [7, 11) is 0. The van der Waals surface area contributed by atoms with Crippen LogP contribution in [0.5, 0.6) is 0 Å². The molecule has 2 fully saturated rings. The zero-order chi connectivity index (χ0) is 10.3. The number of hydrogen-bond donors (Lipinski definition) is 0. The van der Waals surface area contributed by atoms with Crippen LogP contribution < -0.4 is 0 Å². The van der Waals surface area contributed by atoms with Gasteiger partial charge < -0.3 is 0 Å².